The molecule has 0 bridgehead atoms. The number of sulfonamides is 1. The Bertz CT molecular complexity index is 898. The van der Waals surface area contributed by atoms with E-state index in [0.29, 0.717) is 17.0 Å². The highest BCUT2D eigenvalue weighted by atomic mass is 32.2. The molecule has 0 unspecified atom stereocenters. The largest absolute Gasteiger partial charge is 0.495 e. The van der Waals surface area contributed by atoms with Crippen LogP contribution in [-0.2, 0) is 21.4 Å². The Kier molecular flexibility index (Phi) is 6.92. The van der Waals surface area contributed by atoms with Gasteiger partial charge in [0.05, 0.1) is 19.1 Å². The number of rotatable bonds is 8. The van der Waals surface area contributed by atoms with Crippen molar-refractivity contribution in [3.63, 3.8) is 0 Å². The van der Waals surface area contributed by atoms with Crippen molar-refractivity contribution < 1.29 is 22.3 Å². The molecule has 0 aromatic heterocycles. The van der Waals surface area contributed by atoms with Crippen LogP contribution in [0.2, 0.25) is 0 Å². The topological polar surface area (TPSA) is 75.7 Å². The molecule has 0 aliphatic rings. The zero-order chi connectivity index (χ0) is 20.0. The number of carbonyl (C=O) groups is 1. The minimum absolute atomic E-state index is 0.0101. The second-order valence-electron chi connectivity index (χ2n) is 6.22. The molecule has 0 aliphatic heterocycles. The van der Waals surface area contributed by atoms with Crippen molar-refractivity contribution in [2.24, 2.45) is 0 Å². The maximum atomic E-state index is 13.0. The van der Waals surface area contributed by atoms with Crippen LogP contribution in [0.25, 0.3) is 0 Å². The third kappa shape index (κ3) is 6.33. The Hall–Kier alpha value is -2.45. The number of hydrogen-bond acceptors (Lipinski definition) is 4. The molecule has 0 atom stereocenters. The number of benzene rings is 2. The van der Waals surface area contributed by atoms with E-state index in [1.165, 1.54) is 35.7 Å². The van der Waals surface area contributed by atoms with Gasteiger partial charge in [-0.15, -0.1) is 0 Å². The fourth-order valence-corrected chi connectivity index (χ4v) is 3.32. The minimum atomic E-state index is -3.53. The molecule has 146 valence electrons. The van der Waals surface area contributed by atoms with Crippen LogP contribution in [0.3, 0.4) is 0 Å². The van der Waals surface area contributed by atoms with Gasteiger partial charge in [-0.1, -0.05) is 18.2 Å². The normalized spacial score (nSPS) is 11.4. The van der Waals surface area contributed by atoms with Gasteiger partial charge in [0.25, 0.3) is 0 Å². The van der Waals surface area contributed by atoms with Gasteiger partial charge >= 0.3 is 0 Å². The first kappa shape index (κ1) is 20.9. The Morgan fingerprint density at radius 2 is 1.85 bits per heavy atom. The standard InChI is InChI=1S/C19H23FN2O4S/c1-14-4-9-18(26-2)17(12-14)21-19(23)10-11-22(27(3,24)25)13-15-5-7-16(20)8-6-15/h4-9,12H,10-11,13H2,1-3H3,(H,21,23). The van der Waals surface area contributed by atoms with Crippen LogP contribution in [0, 0.1) is 12.7 Å². The van der Waals surface area contributed by atoms with Gasteiger partial charge in [0.1, 0.15) is 11.6 Å². The van der Waals surface area contributed by atoms with Crippen LogP contribution in [0.4, 0.5) is 10.1 Å². The molecular weight excluding hydrogens is 371 g/mol. The smallest absolute Gasteiger partial charge is 0.225 e. The molecule has 1 N–H and O–H groups in total. The molecule has 1 amide bonds. The second kappa shape index (κ2) is 8.96. The first-order valence-corrected chi connectivity index (χ1v) is 10.2. The number of nitrogens with one attached hydrogen (secondary N) is 1. The molecule has 2 aromatic rings. The molecule has 0 fully saturated rings. The molecular formula is C19H23FN2O4S. The summed E-state index contributed by atoms with van der Waals surface area (Å²) in [6, 6.07) is 11.0. The third-order valence-corrected chi connectivity index (χ3v) is 5.21. The molecule has 0 radical (unpaired) electrons. The highest BCUT2D eigenvalue weighted by Gasteiger charge is 2.19. The van der Waals surface area contributed by atoms with Gasteiger partial charge in [-0.05, 0) is 42.3 Å². The lowest BCUT2D eigenvalue weighted by atomic mass is 10.2. The lowest BCUT2D eigenvalue weighted by Gasteiger charge is -2.20. The second-order valence-corrected chi connectivity index (χ2v) is 8.21. The Morgan fingerprint density at radius 1 is 1.19 bits per heavy atom. The van der Waals surface area contributed by atoms with Gasteiger partial charge < -0.3 is 10.1 Å². The monoisotopic (exact) mass is 394 g/mol. The highest BCUT2D eigenvalue weighted by molar-refractivity contribution is 7.88. The first-order chi connectivity index (χ1) is 12.7. The number of carbonyl (C=O) groups excluding carboxylic acids is 1. The molecule has 0 saturated carbocycles. The Morgan fingerprint density at radius 3 is 2.44 bits per heavy atom. The molecule has 27 heavy (non-hydrogen) atoms. The lowest BCUT2D eigenvalue weighted by molar-refractivity contribution is -0.116. The Labute approximate surface area is 159 Å². The van der Waals surface area contributed by atoms with E-state index >= 15 is 0 Å². The van der Waals surface area contributed by atoms with Crippen LogP contribution >= 0.6 is 0 Å². The summed E-state index contributed by atoms with van der Waals surface area (Å²) < 4.78 is 43.5. The predicted octanol–water partition coefficient (Wildman–Crippen LogP) is 2.93. The average molecular weight is 394 g/mol. The summed E-state index contributed by atoms with van der Waals surface area (Å²) in [7, 11) is -2.02. The quantitative estimate of drug-likeness (QED) is 0.747. The van der Waals surface area contributed by atoms with Crippen molar-refractivity contribution in [3.8, 4) is 5.75 Å². The van der Waals surface area contributed by atoms with Crippen LogP contribution in [0.15, 0.2) is 42.5 Å². The molecule has 0 aliphatic carbocycles. The van der Waals surface area contributed by atoms with E-state index in [-0.39, 0.29) is 25.4 Å². The van der Waals surface area contributed by atoms with E-state index in [4.69, 9.17) is 4.74 Å². The van der Waals surface area contributed by atoms with Crippen molar-refractivity contribution in [1.82, 2.24) is 4.31 Å². The summed E-state index contributed by atoms with van der Waals surface area (Å²) >= 11 is 0. The van der Waals surface area contributed by atoms with Crippen molar-refractivity contribution in [1.29, 1.82) is 0 Å². The first-order valence-electron chi connectivity index (χ1n) is 8.33. The van der Waals surface area contributed by atoms with Crippen LogP contribution in [0.5, 0.6) is 5.75 Å². The van der Waals surface area contributed by atoms with Gasteiger partial charge in [-0.2, -0.15) is 4.31 Å². The number of nitrogens with zero attached hydrogens (tertiary/aromatic N) is 1. The van der Waals surface area contributed by atoms with Gasteiger partial charge in [0.15, 0.2) is 0 Å². The zero-order valence-corrected chi connectivity index (χ0v) is 16.3. The summed E-state index contributed by atoms with van der Waals surface area (Å²) in [5.74, 6) is -0.192. The molecule has 0 spiro atoms. The summed E-state index contributed by atoms with van der Waals surface area (Å²) in [4.78, 5) is 12.3. The minimum Gasteiger partial charge on any atom is -0.495 e. The highest BCUT2D eigenvalue weighted by Crippen LogP contribution is 2.25. The molecule has 2 rings (SSSR count). The molecule has 8 heteroatoms. The number of ether oxygens (including phenoxy) is 1. The maximum absolute atomic E-state index is 13.0. The van der Waals surface area contributed by atoms with Crippen LogP contribution in [-0.4, -0.2) is 38.5 Å². The summed E-state index contributed by atoms with van der Waals surface area (Å²) in [5, 5.41) is 2.75. The van der Waals surface area contributed by atoms with Gasteiger partial charge in [0, 0.05) is 19.5 Å². The molecule has 0 saturated heterocycles. The van der Waals surface area contributed by atoms with Gasteiger partial charge in [-0.25, -0.2) is 12.8 Å². The Balaban J connectivity index is 2.03. The fraction of sp³-hybridized carbons (Fsp3) is 0.316. The number of methoxy groups -OCH3 is 1. The zero-order valence-electron chi connectivity index (χ0n) is 15.5. The van der Waals surface area contributed by atoms with E-state index in [0.717, 1.165) is 11.8 Å². The third-order valence-electron chi connectivity index (χ3n) is 3.96. The van der Waals surface area contributed by atoms with E-state index in [1.54, 1.807) is 12.1 Å². The van der Waals surface area contributed by atoms with Gasteiger partial charge in [0.2, 0.25) is 15.9 Å². The average Bonchev–Trinajstić information content (AvgIpc) is 2.59. The number of amides is 1. The van der Waals surface area contributed by atoms with Crippen molar-refractivity contribution in [2.75, 3.05) is 25.2 Å². The number of aryl methyl sites for hydroxylation is 1. The van der Waals surface area contributed by atoms with Crippen LogP contribution in [0.1, 0.15) is 17.5 Å². The fourth-order valence-electron chi connectivity index (χ4n) is 2.51. The molecule has 2 aromatic carbocycles. The van der Waals surface area contributed by atoms with E-state index in [1.807, 2.05) is 13.0 Å². The summed E-state index contributed by atoms with van der Waals surface area (Å²) in [5.41, 5.74) is 2.13. The van der Waals surface area contributed by atoms with Crippen molar-refractivity contribution in [2.45, 2.75) is 19.9 Å². The molecule has 6 nitrogen and oxygen atoms in total. The predicted molar refractivity (Wildman–Crippen MR) is 103 cm³/mol. The van der Waals surface area contributed by atoms with Crippen molar-refractivity contribution in [3.05, 3.63) is 59.4 Å². The van der Waals surface area contributed by atoms with E-state index in [9.17, 15) is 17.6 Å². The summed E-state index contributed by atoms with van der Waals surface area (Å²) in [6.45, 7) is 1.97. The lowest BCUT2D eigenvalue weighted by Crippen LogP contribution is -2.32. The van der Waals surface area contributed by atoms with Crippen LogP contribution < -0.4 is 10.1 Å². The maximum Gasteiger partial charge on any atom is 0.225 e. The van der Waals surface area contributed by atoms with E-state index in [2.05, 4.69) is 5.32 Å². The van der Waals surface area contributed by atoms with Crippen molar-refractivity contribution >= 4 is 21.6 Å². The van der Waals surface area contributed by atoms with E-state index < -0.39 is 15.8 Å². The molecule has 0 heterocycles. The summed E-state index contributed by atoms with van der Waals surface area (Å²) in [6.07, 6.45) is 1.06. The van der Waals surface area contributed by atoms with Gasteiger partial charge in [-0.3, -0.25) is 4.79 Å². The number of anilines is 1. The SMILES string of the molecule is COc1ccc(C)cc1NC(=O)CCN(Cc1ccc(F)cc1)S(C)(=O)=O. The number of halogens is 1. The number of hydrogen-bond donors (Lipinski definition) is 1.